The van der Waals surface area contributed by atoms with Crippen LogP contribution >= 0.6 is 0 Å². The molecule has 2 rings (SSSR count). The van der Waals surface area contributed by atoms with Gasteiger partial charge in [0, 0.05) is 30.6 Å². The van der Waals surface area contributed by atoms with E-state index in [-0.39, 0.29) is 24.3 Å². The van der Waals surface area contributed by atoms with Crippen LogP contribution in [-0.4, -0.2) is 16.9 Å². The first kappa shape index (κ1) is 10.8. The highest BCUT2D eigenvalue weighted by Crippen LogP contribution is 2.20. The predicted molar refractivity (Wildman–Crippen MR) is 60.9 cm³/mol. The summed E-state index contributed by atoms with van der Waals surface area (Å²) >= 11 is 0. The molecule has 1 heterocycles. The van der Waals surface area contributed by atoms with Crippen LogP contribution in [0.3, 0.4) is 0 Å². The molecule has 0 unspecified atom stereocenters. The lowest BCUT2D eigenvalue weighted by Gasteiger charge is -2.03. The molecule has 0 aliphatic rings. The smallest absolute Gasteiger partial charge is 0.167 e. The van der Waals surface area contributed by atoms with E-state index in [1.165, 1.54) is 6.07 Å². The number of fused-ring (bicyclic) bond motifs is 1. The molecule has 0 fully saturated rings. The zero-order valence-electron chi connectivity index (χ0n) is 9.03. The van der Waals surface area contributed by atoms with Crippen molar-refractivity contribution in [3.63, 3.8) is 0 Å². The third-order valence-electron chi connectivity index (χ3n) is 2.65. The highest BCUT2D eigenvalue weighted by molar-refractivity contribution is 5.99. The van der Waals surface area contributed by atoms with Gasteiger partial charge in [-0.05, 0) is 24.7 Å². The van der Waals surface area contributed by atoms with Gasteiger partial charge in [0.2, 0.25) is 0 Å². The van der Waals surface area contributed by atoms with Crippen molar-refractivity contribution in [3.8, 4) is 0 Å². The molecular weight excluding hydrogens is 207 g/mol. The van der Waals surface area contributed by atoms with Crippen LogP contribution in [0.2, 0.25) is 0 Å². The number of halogens is 1. The fraction of sp³-hybridized carbons (Fsp3) is 0.250. The minimum absolute atomic E-state index is 0.125. The van der Waals surface area contributed by atoms with E-state index in [0.29, 0.717) is 0 Å². The van der Waals surface area contributed by atoms with Crippen molar-refractivity contribution in [3.05, 3.63) is 35.8 Å². The molecule has 0 amide bonds. The Hall–Kier alpha value is -1.68. The van der Waals surface area contributed by atoms with E-state index < -0.39 is 5.82 Å². The average molecular weight is 220 g/mol. The van der Waals surface area contributed by atoms with Crippen molar-refractivity contribution < 1.29 is 9.18 Å². The second kappa shape index (κ2) is 4.06. The minimum atomic E-state index is -0.475. The van der Waals surface area contributed by atoms with Gasteiger partial charge in [-0.1, -0.05) is 0 Å². The average Bonchev–Trinajstić information content (AvgIpc) is 2.59. The summed E-state index contributed by atoms with van der Waals surface area (Å²) in [4.78, 5) is 11.6. The summed E-state index contributed by atoms with van der Waals surface area (Å²) in [6.07, 6.45) is 2.01. The molecule has 0 bridgehead atoms. The van der Waals surface area contributed by atoms with Gasteiger partial charge in [0.05, 0.1) is 5.56 Å². The fourth-order valence-electron chi connectivity index (χ4n) is 1.77. The normalized spacial score (nSPS) is 10.9. The molecule has 2 N–H and O–H groups in total. The van der Waals surface area contributed by atoms with E-state index in [0.717, 1.165) is 10.9 Å². The quantitative estimate of drug-likeness (QED) is 0.802. The van der Waals surface area contributed by atoms with Crippen LogP contribution in [0, 0.1) is 5.82 Å². The molecule has 0 aliphatic carbocycles. The molecule has 0 radical (unpaired) electrons. The van der Waals surface area contributed by atoms with Crippen molar-refractivity contribution >= 4 is 16.7 Å². The van der Waals surface area contributed by atoms with Gasteiger partial charge in [-0.25, -0.2) is 4.39 Å². The fourth-order valence-corrected chi connectivity index (χ4v) is 1.77. The Morgan fingerprint density at radius 1 is 1.50 bits per heavy atom. The summed E-state index contributed by atoms with van der Waals surface area (Å²) < 4.78 is 15.5. The number of benzene rings is 1. The highest BCUT2D eigenvalue weighted by atomic mass is 19.1. The number of hydrogen-bond acceptors (Lipinski definition) is 2. The Kier molecular flexibility index (Phi) is 2.75. The number of carbonyl (C=O) groups excluding carboxylic acids is 1. The zero-order valence-corrected chi connectivity index (χ0v) is 9.03. The van der Waals surface area contributed by atoms with Crippen LogP contribution in [0.4, 0.5) is 4.39 Å². The number of nitrogens with zero attached hydrogens (tertiary/aromatic N) is 1. The maximum absolute atomic E-state index is 13.6. The van der Waals surface area contributed by atoms with E-state index in [1.54, 1.807) is 6.07 Å². The molecule has 84 valence electrons. The largest absolute Gasteiger partial charge is 0.351 e. The van der Waals surface area contributed by atoms with E-state index in [2.05, 4.69) is 0 Å². The Balaban J connectivity index is 2.56. The number of hydrogen-bond donors (Lipinski definition) is 1. The van der Waals surface area contributed by atoms with E-state index in [4.69, 9.17) is 5.73 Å². The number of aryl methyl sites for hydroxylation is 1. The number of carbonyl (C=O) groups is 1. The summed E-state index contributed by atoms with van der Waals surface area (Å²) in [6, 6.07) is 4.79. The number of Topliss-reactive ketones (excluding diaryl/α,β-unsaturated/α-hetero) is 1. The Bertz CT molecular complexity index is 545. The SMILES string of the molecule is Cn1ccc2cc(F)c(C(=O)CCN)cc21. The molecule has 3 nitrogen and oxygen atoms in total. The molecule has 0 spiro atoms. The molecular formula is C12H13FN2O. The molecule has 1 aromatic heterocycles. The summed E-state index contributed by atoms with van der Waals surface area (Å²) in [5.74, 6) is -0.722. The van der Waals surface area contributed by atoms with E-state index in [1.807, 2.05) is 23.9 Å². The van der Waals surface area contributed by atoms with Gasteiger partial charge in [-0.2, -0.15) is 0 Å². The lowest BCUT2D eigenvalue weighted by molar-refractivity contribution is 0.0981. The van der Waals surface area contributed by atoms with Crippen molar-refractivity contribution in [1.82, 2.24) is 4.57 Å². The topological polar surface area (TPSA) is 48.0 Å². The lowest BCUT2D eigenvalue weighted by atomic mass is 10.1. The van der Waals surface area contributed by atoms with Gasteiger partial charge >= 0.3 is 0 Å². The van der Waals surface area contributed by atoms with Crippen LogP contribution in [0.25, 0.3) is 10.9 Å². The second-order valence-corrected chi connectivity index (χ2v) is 3.78. The monoisotopic (exact) mass is 220 g/mol. The summed E-state index contributed by atoms with van der Waals surface area (Å²) in [6.45, 7) is 0.240. The van der Waals surface area contributed by atoms with Gasteiger partial charge in [-0.3, -0.25) is 4.79 Å². The highest BCUT2D eigenvalue weighted by Gasteiger charge is 2.13. The number of aromatic nitrogens is 1. The maximum Gasteiger partial charge on any atom is 0.167 e. The summed E-state index contributed by atoms with van der Waals surface area (Å²) in [5.41, 5.74) is 6.26. The van der Waals surface area contributed by atoms with Gasteiger partial charge < -0.3 is 10.3 Å². The third-order valence-corrected chi connectivity index (χ3v) is 2.65. The van der Waals surface area contributed by atoms with Gasteiger partial charge in [0.1, 0.15) is 5.82 Å². The Labute approximate surface area is 92.7 Å². The second-order valence-electron chi connectivity index (χ2n) is 3.78. The van der Waals surface area contributed by atoms with Crippen LogP contribution in [0.5, 0.6) is 0 Å². The number of nitrogens with two attached hydrogens (primary N) is 1. The van der Waals surface area contributed by atoms with Crippen molar-refractivity contribution in [2.75, 3.05) is 6.54 Å². The standard InChI is InChI=1S/C12H13FN2O/c1-15-5-3-8-6-10(13)9(7-11(8)15)12(16)2-4-14/h3,5-7H,2,4,14H2,1H3. The Morgan fingerprint density at radius 2 is 2.25 bits per heavy atom. The van der Waals surface area contributed by atoms with Crippen LogP contribution < -0.4 is 5.73 Å². The molecule has 1 aromatic carbocycles. The number of ketones is 1. The first-order valence-electron chi connectivity index (χ1n) is 5.11. The van der Waals surface area contributed by atoms with Gasteiger partial charge in [0.25, 0.3) is 0 Å². The van der Waals surface area contributed by atoms with Crippen molar-refractivity contribution in [2.45, 2.75) is 6.42 Å². The van der Waals surface area contributed by atoms with Crippen molar-refractivity contribution in [2.24, 2.45) is 12.8 Å². The first-order valence-corrected chi connectivity index (χ1v) is 5.11. The first-order chi connectivity index (χ1) is 7.63. The zero-order chi connectivity index (χ0) is 11.7. The summed E-state index contributed by atoms with van der Waals surface area (Å²) in [7, 11) is 1.86. The van der Waals surface area contributed by atoms with Gasteiger partial charge in [0.15, 0.2) is 5.78 Å². The predicted octanol–water partition coefficient (Wildman–Crippen LogP) is 1.85. The van der Waals surface area contributed by atoms with Gasteiger partial charge in [-0.15, -0.1) is 0 Å². The third kappa shape index (κ3) is 1.72. The molecule has 0 saturated carbocycles. The van der Waals surface area contributed by atoms with Crippen LogP contribution in [0.15, 0.2) is 24.4 Å². The maximum atomic E-state index is 13.6. The molecule has 0 aliphatic heterocycles. The lowest BCUT2D eigenvalue weighted by Crippen LogP contribution is -2.09. The van der Waals surface area contributed by atoms with E-state index >= 15 is 0 Å². The van der Waals surface area contributed by atoms with Crippen molar-refractivity contribution in [1.29, 1.82) is 0 Å². The molecule has 16 heavy (non-hydrogen) atoms. The minimum Gasteiger partial charge on any atom is -0.351 e. The number of rotatable bonds is 3. The summed E-state index contributed by atoms with van der Waals surface area (Å²) in [5, 5.41) is 0.796. The Morgan fingerprint density at radius 3 is 2.94 bits per heavy atom. The molecule has 0 saturated heterocycles. The molecule has 2 aromatic rings. The van der Waals surface area contributed by atoms with Crippen LogP contribution in [-0.2, 0) is 7.05 Å². The van der Waals surface area contributed by atoms with Crippen LogP contribution in [0.1, 0.15) is 16.8 Å². The molecule has 4 heteroatoms. The van der Waals surface area contributed by atoms with E-state index in [9.17, 15) is 9.18 Å². The molecule has 0 atom stereocenters.